The van der Waals surface area contributed by atoms with Crippen LogP contribution in [-0.2, 0) is 0 Å². The van der Waals surface area contributed by atoms with Gasteiger partial charge in [0, 0.05) is 12.1 Å². The number of benzene rings is 1. The molecule has 0 aromatic heterocycles. The van der Waals surface area contributed by atoms with Crippen LogP contribution in [0.3, 0.4) is 0 Å². The predicted molar refractivity (Wildman–Crippen MR) is 66.2 cm³/mol. The molecule has 0 aliphatic carbocycles. The standard InChI is InChI=1S/C13H19NO3/c1-3-7-17-12-6-4-5-11(8-12)13(16)14-9-10(2)15/h4-6,8,10,15H,3,7,9H2,1-2H3,(H,14,16). The second kappa shape index (κ2) is 6.91. The number of aliphatic hydroxyl groups excluding tert-OH is 1. The summed E-state index contributed by atoms with van der Waals surface area (Å²) in [5.41, 5.74) is 0.541. The monoisotopic (exact) mass is 237 g/mol. The van der Waals surface area contributed by atoms with Crippen LogP contribution in [0.2, 0.25) is 0 Å². The molecule has 4 heteroatoms. The number of nitrogens with one attached hydrogen (secondary N) is 1. The van der Waals surface area contributed by atoms with E-state index in [0.717, 1.165) is 6.42 Å². The van der Waals surface area contributed by atoms with Gasteiger partial charge in [-0.05, 0) is 31.5 Å². The molecule has 0 spiro atoms. The summed E-state index contributed by atoms with van der Waals surface area (Å²) in [6.07, 6.45) is 0.386. The van der Waals surface area contributed by atoms with Gasteiger partial charge in [0.15, 0.2) is 0 Å². The van der Waals surface area contributed by atoms with E-state index >= 15 is 0 Å². The highest BCUT2D eigenvalue weighted by Crippen LogP contribution is 2.13. The van der Waals surface area contributed by atoms with Gasteiger partial charge >= 0.3 is 0 Å². The van der Waals surface area contributed by atoms with Crippen molar-refractivity contribution in [2.45, 2.75) is 26.4 Å². The Morgan fingerprint density at radius 1 is 1.53 bits per heavy atom. The largest absolute Gasteiger partial charge is 0.494 e. The second-order valence-corrected chi connectivity index (χ2v) is 3.94. The zero-order valence-electron chi connectivity index (χ0n) is 10.3. The van der Waals surface area contributed by atoms with Gasteiger partial charge in [0.05, 0.1) is 12.7 Å². The molecule has 1 aromatic rings. The van der Waals surface area contributed by atoms with Gasteiger partial charge < -0.3 is 15.2 Å². The summed E-state index contributed by atoms with van der Waals surface area (Å²) in [5.74, 6) is 0.490. The van der Waals surface area contributed by atoms with E-state index in [2.05, 4.69) is 5.32 Å². The van der Waals surface area contributed by atoms with Gasteiger partial charge in [-0.1, -0.05) is 13.0 Å². The molecule has 0 aliphatic rings. The van der Waals surface area contributed by atoms with Gasteiger partial charge in [-0.3, -0.25) is 4.79 Å². The van der Waals surface area contributed by atoms with Crippen molar-refractivity contribution >= 4 is 5.91 Å². The number of ether oxygens (including phenoxy) is 1. The van der Waals surface area contributed by atoms with Gasteiger partial charge in [0.1, 0.15) is 5.75 Å². The van der Waals surface area contributed by atoms with Crippen molar-refractivity contribution in [2.75, 3.05) is 13.2 Å². The van der Waals surface area contributed by atoms with E-state index in [1.54, 1.807) is 25.1 Å². The molecule has 0 fully saturated rings. The number of hydrogen-bond donors (Lipinski definition) is 2. The second-order valence-electron chi connectivity index (χ2n) is 3.94. The molecule has 17 heavy (non-hydrogen) atoms. The molecule has 94 valence electrons. The van der Waals surface area contributed by atoms with Crippen LogP contribution in [0, 0.1) is 0 Å². The Kier molecular flexibility index (Phi) is 5.49. The van der Waals surface area contributed by atoms with Crippen molar-refractivity contribution < 1.29 is 14.6 Å². The molecule has 1 amide bonds. The van der Waals surface area contributed by atoms with E-state index in [-0.39, 0.29) is 12.5 Å². The minimum atomic E-state index is -0.543. The molecule has 0 bridgehead atoms. The van der Waals surface area contributed by atoms with Crippen molar-refractivity contribution in [3.63, 3.8) is 0 Å². The van der Waals surface area contributed by atoms with E-state index in [4.69, 9.17) is 9.84 Å². The van der Waals surface area contributed by atoms with Gasteiger partial charge in [0.2, 0.25) is 0 Å². The molecular weight excluding hydrogens is 218 g/mol. The van der Waals surface area contributed by atoms with Gasteiger partial charge in [0.25, 0.3) is 5.91 Å². The molecule has 0 saturated carbocycles. The fourth-order valence-corrected chi connectivity index (χ4v) is 1.29. The first kappa shape index (κ1) is 13.5. The van der Waals surface area contributed by atoms with Crippen LogP contribution in [-0.4, -0.2) is 30.3 Å². The summed E-state index contributed by atoms with van der Waals surface area (Å²) in [6.45, 7) is 4.54. The Hall–Kier alpha value is -1.55. The zero-order chi connectivity index (χ0) is 12.7. The highest BCUT2D eigenvalue weighted by atomic mass is 16.5. The molecule has 1 unspecified atom stereocenters. The van der Waals surface area contributed by atoms with Crippen LogP contribution in [0.1, 0.15) is 30.6 Å². The third-order valence-corrected chi connectivity index (χ3v) is 2.13. The highest BCUT2D eigenvalue weighted by Gasteiger charge is 2.07. The van der Waals surface area contributed by atoms with E-state index < -0.39 is 6.10 Å². The minimum absolute atomic E-state index is 0.201. The first-order chi connectivity index (χ1) is 8.13. The summed E-state index contributed by atoms with van der Waals surface area (Å²) in [7, 11) is 0. The van der Waals surface area contributed by atoms with E-state index in [1.807, 2.05) is 13.0 Å². The molecular formula is C13H19NO3. The SMILES string of the molecule is CCCOc1cccc(C(=O)NCC(C)O)c1. The van der Waals surface area contributed by atoms with E-state index in [0.29, 0.717) is 17.9 Å². The van der Waals surface area contributed by atoms with Gasteiger partial charge in [-0.15, -0.1) is 0 Å². The lowest BCUT2D eigenvalue weighted by Crippen LogP contribution is -2.30. The molecule has 0 radical (unpaired) electrons. The highest BCUT2D eigenvalue weighted by molar-refractivity contribution is 5.94. The topological polar surface area (TPSA) is 58.6 Å². The fraction of sp³-hybridized carbons (Fsp3) is 0.462. The summed E-state index contributed by atoms with van der Waals surface area (Å²) in [4.78, 5) is 11.7. The lowest BCUT2D eigenvalue weighted by molar-refractivity contribution is 0.0923. The molecule has 1 rings (SSSR count). The molecule has 0 heterocycles. The van der Waals surface area contributed by atoms with Crippen molar-refractivity contribution in [1.82, 2.24) is 5.32 Å². The lowest BCUT2D eigenvalue weighted by Gasteiger charge is -2.09. The molecule has 0 saturated heterocycles. The average molecular weight is 237 g/mol. The third-order valence-electron chi connectivity index (χ3n) is 2.13. The predicted octanol–water partition coefficient (Wildman–Crippen LogP) is 1.59. The van der Waals surface area contributed by atoms with Crippen LogP contribution in [0.4, 0.5) is 0 Å². The molecule has 0 aliphatic heterocycles. The smallest absolute Gasteiger partial charge is 0.251 e. The van der Waals surface area contributed by atoms with Crippen molar-refractivity contribution in [1.29, 1.82) is 0 Å². The zero-order valence-corrected chi connectivity index (χ0v) is 10.3. The number of hydrogen-bond acceptors (Lipinski definition) is 3. The number of carbonyl (C=O) groups excluding carboxylic acids is 1. The summed E-state index contributed by atoms with van der Waals surface area (Å²) >= 11 is 0. The quantitative estimate of drug-likeness (QED) is 0.790. The van der Waals surface area contributed by atoms with Crippen LogP contribution >= 0.6 is 0 Å². The number of rotatable bonds is 6. The van der Waals surface area contributed by atoms with Gasteiger partial charge in [-0.2, -0.15) is 0 Å². The molecule has 4 nitrogen and oxygen atoms in total. The number of amides is 1. The lowest BCUT2D eigenvalue weighted by atomic mass is 10.2. The van der Waals surface area contributed by atoms with Crippen molar-refractivity contribution in [3.8, 4) is 5.75 Å². The Labute approximate surface area is 102 Å². The fourth-order valence-electron chi connectivity index (χ4n) is 1.29. The number of aliphatic hydroxyl groups is 1. The molecule has 2 N–H and O–H groups in total. The summed E-state index contributed by atoms with van der Waals surface area (Å²) < 4.78 is 5.44. The maximum Gasteiger partial charge on any atom is 0.251 e. The van der Waals surface area contributed by atoms with E-state index in [1.165, 1.54) is 0 Å². The number of carbonyl (C=O) groups is 1. The van der Waals surface area contributed by atoms with Crippen LogP contribution < -0.4 is 10.1 Å². The Morgan fingerprint density at radius 3 is 2.94 bits per heavy atom. The summed E-state index contributed by atoms with van der Waals surface area (Å²) in [5, 5.41) is 11.7. The van der Waals surface area contributed by atoms with Crippen LogP contribution in [0.5, 0.6) is 5.75 Å². The van der Waals surface area contributed by atoms with Crippen LogP contribution in [0.15, 0.2) is 24.3 Å². The maximum absolute atomic E-state index is 11.7. The van der Waals surface area contributed by atoms with Gasteiger partial charge in [-0.25, -0.2) is 0 Å². The first-order valence-electron chi connectivity index (χ1n) is 5.82. The Balaban J connectivity index is 2.60. The van der Waals surface area contributed by atoms with Crippen LogP contribution in [0.25, 0.3) is 0 Å². The Morgan fingerprint density at radius 2 is 2.29 bits per heavy atom. The summed E-state index contributed by atoms with van der Waals surface area (Å²) in [6, 6.07) is 7.02. The third kappa shape index (κ3) is 4.87. The first-order valence-corrected chi connectivity index (χ1v) is 5.82. The van der Waals surface area contributed by atoms with Crippen molar-refractivity contribution in [3.05, 3.63) is 29.8 Å². The normalized spacial score (nSPS) is 11.9. The molecule has 1 atom stereocenters. The van der Waals surface area contributed by atoms with E-state index in [9.17, 15) is 4.79 Å². The average Bonchev–Trinajstić information content (AvgIpc) is 2.33. The van der Waals surface area contributed by atoms with Crippen molar-refractivity contribution in [2.24, 2.45) is 0 Å². The minimum Gasteiger partial charge on any atom is -0.494 e. The molecule has 1 aromatic carbocycles. The maximum atomic E-state index is 11.7. The Bertz CT molecular complexity index is 363.